The van der Waals surface area contributed by atoms with Crippen molar-refractivity contribution in [3.63, 3.8) is 0 Å². The molecule has 0 heterocycles. The average Bonchev–Trinajstić information content (AvgIpc) is 1.99. The van der Waals surface area contributed by atoms with Crippen LogP contribution in [-0.2, 0) is 0 Å². The first-order chi connectivity index (χ1) is 6.02. The smallest absolute Gasteiger partial charge is 0.0326 e. The van der Waals surface area contributed by atoms with Gasteiger partial charge in [0.15, 0.2) is 0 Å². The van der Waals surface area contributed by atoms with Crippen molar-refractivity contribution in [2.24, 2.45) is 11.7 Å². The van der Waals surface area contributed by atoms with Gasteiger partial charge in [0.25, 0.3) is 0 Å². The summed E-state index contributed by atoms with van der Waals surface area (Å²) in [5.41, 5.74) is 6.07. The summed E-state index contributed by atoms with van der Waals surface area (Å²) in [5, 5.41) is 0. The lowest BCUT2D eigenvalue weighted by Gasteiger charge is -2.48. The van der Waals surface area contributed by atoms with Gasteiger partial charge in [0.2, 0.25) is 0 Å². The number of hydrogen-bond donors (Lipinski definition) is 1. The second-order valence-corrected chi connectivity index (χ2v) is 4.91. The number of likely N-dealkylation sites (N-methyl/N-ethyl adjacent to an activating group) is 1. The van der Waals surface area contributed by atoms with Gasteiger partial charge < -0.3 is 5.73 Å². The molecule has 0 bridgehead atoms. The minimum atomic E-state index is 0.186. The first-order valence-corrected chi connectivity index (χ1v) is 5.45. The molecular formula is C11H24N2. The number of rotatable bonds is 4. The molecule has 2 heteroatoms. The van der Waals surface area contributed by atoms with Gasteiger partial charge in [-0.3, -0.25) is 4.90 Å². The molecule has 1 aliphatic rings. The van der Waals surface area contributed by atoms with Gasteiger partial charge in [-0.25, -0.2) is 0 Å². The molecular weight excluding hydrogens is 160 g/mol. The van der Waals surface area contributed by atoms with Crippen LogP contribution in [0.3, 0.4) is 0 Å². The van der Waals surface area contributed by atoms with Gasteiger partial charge in [-0.2, -0.15) is 0 Å². The predicted octanol–water partition coefficient (Wildman–Crippen LogP) is 1.84. The van der Waals surface area contributed by atoms with Crippen LogP contribution in [0.4, 0.5) is 0 Å². The number of nitrogens with two attached hydrogens (primary N) is 1. The Morgan fingerprint density at radius 3 is 2.23 bits per heavy atom. The lowest BCUT2D eigenvalue weighted by Crippen LogP contribution is -2.58. The molecule has 0 aliphatic heterocycles. The monoisotopic (exact) mass is 184 g/mol. The van der Waals surface area contributed by atoms with E-state index in [9.17, 15) is 0 Å². The van der Waals surface area contributed by atoms with Crippen LogP contribution >= 0.6 is 0 Å². The van der Waals surface area contributed by atoms with Gasteiger partial charge in [0, 0.05) is 18.1 Å². The topological polar surface area (TPSA) is 29.3 Å². The second-order valence-electron chi connectivity index (χ2n) is 4.91. The van der Waals surface area contributed by atoms with E-state index in [1.54, 1.807) is 0 Å². The maximum atomic E-state index is 5.88. The van der Waals surface area contributed by atoms with E-state index in [0.29, 0.717) is 5.92 Å². The van der Waals surface area contributed by atoms with Crippen molar-refractivity contribution in [2.75, 3.05) is 13.6 Å². The van der Waals surface area contributed by atoms with Gasteiger partial charge in [-0.15, -0.1) is 0 Å². The summed E-state index contributed by atoms with van der Waals surface area (Å²) in [7, 11) is 2.23. The van der Waals surface area contributed by atoms with Gasteiger partial charge in [-0.1, -0.05) is 20.3 Å². The summed E-state index contributed by atoms with van der Waals surface area (Å²) in [6.07, 6.45) is 4.12. The molecule has 0 aromatic heterocycles. The summed E-state index contributed by atoms with van der Waals surface area (Å²) >= 11 is 0. The standard InChI is InChI=1S/C11H24N2/c1-9(2)11(3,8-12)13(4)10-6-5-7-10/h9-10H,5-8,12H2,1-4H3. The molecule has 1 saturated carbocycles. The third kappa shape index (κ3) is 1.89. The summed E-state index contributed by atoms with van der Waals surface area (Å²) in [6, 6.07) is 0.788. The molecule has 0 aromatic carbocycles. The van der Waals surface area contributed by atoms with Gasteiger partial charge in [0.05, 0.1) is 0 Å². The van der Waals surface area contributed by atoms with Crippen molar-refractivity contribution in [3.05, 3.63) is 0 Å². The minimum Gasteiger partial charge on any atom is -0.329 e. The van der Waals surface area contributed by atoms with Crippen LogP contribution in [0.15, 0.2) is 0 Å². The molecule has 0 saturated heterocycles. The number of hydrogen-bond acceptors (Lipinski definition) is 2. The van der Waals surface area contributed by atoms with Crippen LogP contribution in [0.5, 0.6) is 0 Å². The SMILES string of the molecule is CC(C)C(C)(CN)N(C)C1CCC1. The Kier molecular flexibility index (Phi) is 3.36. The predicted molar refractivity (Wildman–Crippen MR) is 57.7 cm³/mol. The van der Waals surface area contributed by atoms with Gasteiger partial charge >= 0.3 is 0 Å². The third-order valence-electron chi connectivity index (χ3n) is 4.09. The highest BCUT2D eigenvalue weighted by atomic mass is 15.2. The first-order valence-electron chi connectivity index (χ1n) is 5.45. The molecule has 1 fully saturated rings. The fourth-order valence-electron chi connectivity index (χ4n) is 1.98. The van der Waals surface area contributed by atoms with Gasteiger partial charge in [0.1, 0.15) is 0 Å². The van der Waals surface area contributed by atoms with E-state index in [-0.39, 0.29) is 5.54 Å². The largest absolute Gasteiger partial charge is 0.329 e. The molecule has 1 aliphatic carbocycles. The van der Waals surface area contributed by atoms with E-state index in [1.807, 2.05) is 0 Å². The summed E-state index contributed by atoms with van der Waals surface area (Å²) in [5.74, 6) is 0.628. The van der Waals surface area contributed by atoms with Crippen molar-refractivity contribution < 1.29 is 0 Å². The zero-order chi connectivity index (χ0) is 10.1. The summed E-state index contributed by atoms with van der Waals surface area (Å²) in [4.78, 5) is 2.50. The molecule has 2 N–H and O–H groups in total. The molecule has 0 amide bonds. The van der Waals surface area contributed by atoms with Gasteiger partial charge in [-0.05, 0) is 32.7 Å². The van der Waals surface area contributed by atoms with Crippen LogP contribution in [0.2, 0.25) is 0 Å². The second kappa shape index (κ2) is 3.97. The maximum Gasteiger partial charge on any atom is 0.0326 e. The molecule has 1 rings (SSSR count). The Balaban J connectivity index is 2.62. The first kappa shape index (κ1) is 11.0. The fourth-order valence-corrected chi connectivity index (χ4v) is 1.98. The lowest BCUT2D eigenvalue weighted by molar-refractivity contribution is 0.0195. The molecule has 1 unspecified atom stereocenters. The van der Waals surface area contributed by atoms with Crippen molar-refractivity contribution in [1.82, 2.24) is 4.90 Å². The highest BCUT2D eigenvalue weighted by Crippen LogP contribution is 2.32. The minimum absolute atomic E-state index is 0.186. The normalized spacial score (nSPS) is 23.3. The van der Waals surface area contributed by atoms with Crippen LogP contribution in [-0.4, -0.2) is 30.1 Å². The van der Waals surface area contributed by atoms with E-state index in [1.165, 1.54) is 19.3 Å². The van der Waals surface area contributed by atoms with Crippen LogP contribution in [0.1, 0.15) is 40.0 Å². The average molecular weight is 184 g/mol. The zero-order valence-electron chi connectivity index (χ0n) is 9.51. The van der Waals surface area contributed by atoms with Crippen molar-refractivity contribution in [2.45, 2.75) is 51.6 Å². The van der Waals surface area contributed by atoms with Crippen molar-refractivity contribution in [3.8, 4) is 0 Å². The van der Waals surface area contributed by atoms with Crippen molar-refractivity contribution >= 4 is 0 Å². The summed E-state index contributed by atoms with van der Waals surface area (Å²) in [6.45, 7) is 7.58. The van der Waals surface area contributed by atoms with E-state index in [0.717, 1.165) is 12.6 Å². The van der Waals surface area contributed by atoms with Crippen molar-refractivity contribution in [1.29, 1.82) is 0 Å². The Bertz CT molecular complexity index is 163. The van der Waals surface area contributed by atoms with E-state index >= 15 is 0 Å². The zero-order valence-corrected chi connectivity index (χ0v) is 9.51. The molecule has 78 valence electrons. The third-order valence-corrected chi connectivity index (χ3v) is 4.09. The molecule has 0 aromatic rings. The molecule has 13 heavy (non-hydrogen) atoms. The highest BCUT2D eigenvalue weighted by Gasteiger charge is 2.37. The molecule has 0 spiro atoms. The summed E-state index contributed by atoms with van der Waals surface area (Å²) < 4.78 is 0. The molecule has 2 nitrogen and oxygen atoms in total. The van der Waals surface area contributed by atoms with E-state index in [4.69, 9.17) is 5.73 Å². The fraction of sp³-hybridized carbons (Fsp3) is 1.00. The van der Waals surface area contributed by atoms with Crippen LogP contribution < -0.4 is 5.73 Å². The van der Waals surface area contributed by atoms with E-state index < -0.39 is 0 Å². The molecule has 1 atom stereocenters. The lowest BCUT2D eigenvalue weighted by atomic mass is 9.81. The quantitative estimate of drug-likeness (QED) is 0.722. The Hall–Kier alpha value is -0.0800. The Labute approximate surface area is 82.5 Å². The Morgan fingerprint density at radius 1 is 1.46 bits per heavy atom. The van der Waals surface area contributed by atoms with Crippen LogP contribution in [0.25, 0.3) is 0 Å². The van der Waals surface area contributed by atoms with E-state index in [2.05, 4.69) is 32.7 Å². The maximum absolute atomic E-state index is 5.88. The molecule has 0 radical (unpaired) electrons. The highest BCUT2D eigenvalue weighted by molar-refractivity contribution is 4.94. The Morgan fingerprint density at radius 2 is 2.00 bits per heavy atom. The number of nitrogens with zero attached hydrogens (tertiary/aromatic N) is 1. The van der Waals surface area contributed by atoms with Crippen LogP contribution in [0, 0.1) is 5.92 Å².